The highest BCUT2D eigenvalue weighted by molar-refractivity contribution is 5.80. The highest BCUT2D eigenvalue weighted by Crippen LogP contribution is 2.11. The second-order valence-corrected chi connectivity index (χ2v) is 3.97. The molecule has 0 bridgehead atoms. The highest BCUT2D eigenvalue weighted by atomic mass is 16.6. The number of carbonyl (C=O) groups is 2. The van der Waals surface area contributed by atoms with Gasteiger partial charge in [-0.2, -0.15) is 0 Å². The lowest BCUT2D eigenvalue weighted by Gasteiger charge is -2.19. The van der Waals surface area contributed by atoms with Crippen LogP contribution in [0.5, 0.6) is 0 Å². The third-order valence-corrected chi connectivity index (χ3v) is 2.63. The molecule has 0 amide bonds. The monoisotopic (exact) mass is 261 g/mol. The number of cyclic esters (lactones) is 1. The number of hydrogen-bond donors (Lipinski definition) is 2. The number of hydrogen-bond acceptors (Lipinski definition) is 7. The summed E-state index contributed by atoms with van der Waals surface area (Å²) in [6, 6.07) is 0. The molecule has 0 aromatic carbocycles. The zero-order valence-corrected chi connectivity index (χ0v) is 10.2. The first-order valence-corrected chi connectivity index (χ1v) is 5.97. The van der Waals surface area contributed by atoms with Crippen LogP contribution < -0.4 is 0 Å². The van der Waals surface area contributed by atoms with Gasteiger partial charge in [0.2, 0.25) is 6.10 Å². The number of aliphatic hydroxyl groups is 2. The van der Waals surface area contributed by atoms with Gasteiger partial charge < -0.3 is 19.7 Å². The van der Waals surface area contributed by atoms with Crippen LogP contribution in [0.2, 0.25) is 0 Å². The van der Waals surface area contributed by atoms with E-state index in [-0.39, 0.29) is 26.2 Å². The zero-order chi connectivity index (χ0) is 13.4. The molecule has 0 aliphatic carbocycles. The normalized spacial score (nSPS) is 19.1. The van der Waals surface area contributed by atoms with Crippen molar-refractivity contribution in [2.45, 2.75) is 18.9 Å². The minimum atomic E-state index is -0.776. The summed E-state index contributed by atoms with van der Waals surface area (Å²) in [5.41, 5.74) is 0. The van der Waals surface area contributed by atoms with E-state index in [9.17, 15) is 9.59 Å². The first-order valence-electron chi connectivity index (χ1n) is 5.97. The Bertz CT molecular complexity index is 277. The van der Waals surface area contributed by atoms with Crippen LogP contribution in [0.4, 0.5) is 0 Å². The number of aliphatic hydroxyl groups excluding tert-OH is 2. The van der Waals surface area contributed by atoms with Crippen LogP contribution in [0.25, 0.3) is 0 Å². The van der Waals surface area contributed by atoms with Crippen molar-refractivity contribution in [1.29, 1.82) is 0 Å². The summed E-state index contributed by atoms with van der Waals surface area (Å²) in [5.74, 6) is -0.967. The largest absolute Gasteiger partial charge is 0.463 e. The van der Waals surface area contributed by atoms with Crippen molar-refractivity contribution in [3.05, 3.63) is 0 Å². The molecule has 1 atom stereocenters. The Kier molecular flexibility index (Phi) is 6.63. The fraction of sp³-hybridized carbons (Fsp3) is 0.818. The van der Waals surface area contributed by atoms with E-state index in [4.69, 9.17) is 14.9 Å². The maximum Gasteiger partial charge on any atom is 0.347 e. The Labute approximate surface area is 105 Å². The van der Waals surface area contributed by atoms with Crippen molar-refractivity contribution >= 4 is 11.9 Å². The average Bonchev–Trinajstić information content (AvgIpc) is 2.73. The minimum Gasteiger partial charge on any atom is -0.463 e. The maximum atomic E-state index is 11.5. The van der Waals surface area contributed by atoms with E-state index >= 15 is 0 Å². The molecule has 18 heavy (non-hydrogen) atoms. The van der Waals surface area contributed by atoms with Crippen LogP contribution >= 0.6 is 0 Å². The van der Waals surface area contributed by atoms with Gasteiger partial charge in [0.1, 0.15) is 0 Å². The third-order valence-electron chi connectivity index (χ3n) is 2.63. The molecule has 7 nitrogen and oxygen atoms in total. The molecule has 2 N–H and O–H groups in total. The number of rotatable bonds is 8. The molecule has 0 aromatic rings. The second kappa shape index (κ2) is 8.02. The predicted octanol–water partition coefficient (Wildman–Crippen LogP) is -1.48. The van der Waals surface area contributed by atoms with Crippen molar-refractivity contribution in [1.82, 2.24) is 4.90 Å². The maximum absolute atomic E-state index is 11.5. The smallest absolute Gasteiger partial charge is 0.347 e. The van der Waals surface area contributed by atoms with Gasteiger partial charge in [0.05, 0.1) is 26.2 Å². The molecule has 0 saturated carbocycles. The molecule has 104 valence electrons. The minimum absolute atomic E-state index is 0.0377. The van der Waals surface area contributed by atoms with E-state index in [0.29, 0.717) is 26.1 Å². The first-order chi connectivity index (χ1) is 8.67. The molecule has 7 heteroatoms. The lowest BCUT2D eigenvalue weighted by atomic mass is 10.3. The highest BCUT2D eigenvalue weighted by Gasteiger charge is 2.29. The summed E-state index contributed by atoms with van der Waals surface area (Å²) < 4.78 is 9.64. The number of nitrogens with zero attached hydrogens (tertiary/aromatic N) is 1. The molecule has 1 rings (SSSR count). The summed E-state index contributed by atoms with van der Waals surface area (Å²) in [7, 11) is 0. The van der Waals surface area contributed by atoms with Crippen molar-refractivity contribution in [2.24, 2.45) is 0 Å². The van der Waals surface area contributed by atoms with E-state index in [2.05, 4.69) is 4.74 Å². The van der Waals surface area contributed by atoms with Gasteiger partial charge in [0, 0.05) is 26.1 Å². The van der Waals surface area contributed by atoms with Crippen LogP contribution in [-0.2, 0) is 19.1 Å². The summed E-state index contributed by atoms with van der Waals surface area (Å²) in [5, 5.41) is 17.6. The molecular formula is C11H19NO6. The second-order valence-electron chi connectivity index (χ2n) is 3.97. The van der Waals surface area contributed by atoms with Crippen molar-refractivity contribution in [3.8, 4) is 0 Å². The van der Waals surface area contributed by atoms with Gasteiger partial charge in [-0.1, -0.05) is 0 Å². The van der Waals surface area contributed by atoms with E-state index < -0.39 is 18.0 Å². The Hall–Kier alpha value is -1.18. The Morgan fingerprint density at radius 2 is 2.00 bits per heavy atom. The van der Waals surface area contributed by atoms with Crippen molar-refractivity contribution < 1.29 is 29.3 Å². The average molecular weight is 261 g/mol. The summed E-state index contributed by atoms with van der Waals surface area (Å²) in [6.45, 7) is 1.37. The van der Waals surface area contributed by atoms with E-state index in [1.54, 1.807) is 4.90 Å². The van der Waals surface area contributed by atoms with Crippen LogP contribution in [-0.4, -0.2) is 72.6 Å². The Morgan fingerprint density at radius 3 is 2.50 bits per heavy atom. The zero-order valence-electron chi connectivity index (χ0n) is 10.2. The van der Waals surface area contributed by atoms with E-state index in [1.165, 1.54) is 0 Å². The first kappa shape index (κ1) is 14.9. The van der Waals surface area contributed by atoms with Gasteiger partial charge in [0.25, 0.3) is 0 Å². The Balaban J connectivity index is 2.24. The molecule has 1 aliphatic heterocycles. The van der Waals surface area contributed by atoms with Crippen molar-refractivity contribution in [3.63, 3.8) is 0 Å². The molecule has 0 spiro atoms. The summed E-state index contributed by atoms with van der Waals surface area (Å²) in [6.07, 6.45) is -0.257. The molecule has 0 aromatic heterocycles. The molecular weight excluding hydrogens is 242 g/mol. The van der Waals surface area contributed by atoms with Gasteiger partial charge in [0.15, 0.2) is 0 Å². The lowest BCUT2D eigenvalue weighted by Crippen LogP contribution is -2.33. The quantitative estimate of drug-likeness (QED) is 0.514. The van der Waals surface area contributed by atoms with Gasteiger partial charge in [-0.25, -0.2) is 4.79 Å². The molecule has 1 fully saturated rings. The van der Waals surface area contributed by atoms with E-state index in [1.807, 2.05) is 0 Å². The topological polar surface area (TPSA) is 96.3 Å². The van der Waals surface area contributed by atoms with Gasteiger partial charge in [-0.15, -0.1) is 0 Å². The van der Waals surface area contributed by atoms with Crippen LogP contribution in [0.3, 0.4) is 0 Å². The SMILES string of the molecule is O=C(CCN(CCO)CCO)OC1CCOC1=O. The Morgan fingerprint density at radius 1 is 1.33 bits per heavy atom. The number of ether oxygens (including phenoxy) is 2. The van der Waals surface area contributed by atoms with Crippen LogP contribution in [0.1, 0.15) is 12.8 Å². The van der Waals surface area contributed by atoms with Crippen molar-refractivity contribution in [2.75, 3.05) is 39.5 Å². The van der Waals surface area contributed by atoms with Gasteiger partial charge in [-0.3, -0.25) is 9.69 Å². The van der Waals surface area contributed by atoms with E-state index in [0.717, 1.165) is 0 Å². The third kappa shape index (κ3) is 4.99. The lowest BCUT2D eigenvalue weighted by molar-refractivity contribution is -0.160. The predicted molar refractivity (Wildman–Crippen MR) is 60.7 cm³/mol. The van der Waals surface area contributed by atoms with Crippen LogP contribution in [0.15, 0.2) is 0 Å². The fourth-order valence-corrected chi connectivity index (χ4v) is 1.67. The molecule has 1 saturated heterocycles. The number of esters is 2. The molecule has 0 radical (unpaired) electrons. The molecule has 1 aliphatic rings. The van der Waals surface area contributed by atoms with Gasteiger partial charge in [-0.05, 0) is 0 Å². The molecule has 1 unspecified atom stereocenters. The molecule has 1 heterocycles. The number of carbonyl (C=O) groups excluding carboxylic acids is 2. The summed E-state index contributed by atoms with van der Waals surface area (Å²) in [4.78, 5) is 24.3. The van der Waals surface area contributed by atoms with Gasteiger partial charge >= 0.3 is 11.9 Å². The summed E-state index contributed by atoms with van der Waals surface area (Å²) >= 11 is 0. The standard InChI is InChI=1S/C11H19NO6/c13-6-4-12(5-7-14)3-1-10(15)18-9-2-8-17-11(9)16/h9,13-14H,1-8H2. The van der Waals surface area contributed by atoms with Crippen LogP contribution in [0, 0.1) is 0 Å². The fourth-order valence-electron chi connectivity index (χ4n) is 1.67.